The van der Waals surface area contributed by atoms with Crippen LogP contribution in [0.15, 0.2) is 59.6 Å². The number of methoxy groups -OCH3 is 1. The van der Waals surface area contributed by atoms with Crippen molar-refractivity contribution >= 4 is 26.6 Å². The van der Waals surface area contributed by atoms with Crippen LogP contribution in [-0.4, -0.2) is 55.1 Å². The molecule has 1 aliphatic heterocycles. The number of sulfone groups is 1. The van der Waals surface area contributed by atoms with Gasteiger partial charge in [0.1, 0.15) is 5.75 Å². The summed E-state index contributed by atoms with van der Waals surface area (Å²) in [6, 6.07) is 13.4. The first kappa shape index (κ1) is 20.3. The Morgan fingerprint density at radius 3 is 2.63 bits per heavy atom. The molecule has 1 fully saturated rings. The standard InChI is InChI=1S/C22H22N2O5S/c1-22(26)13-24(14-22)21(25)17-9-8-15(11-18(17)29-2)12-30(27,28)19-7-3-5-16-6-4-10-23-20(16)19/h3-11,26H,12-14H2,1-2H3. The van der Waals surface area contributed by atoms with Gasteiger partial charge in [-0.3, -0.25) is 9.78 Å². The van der Waals surface area contributed by atoms with Gasteiger partial charge in [0.05, 0.1) is 47.5 Å². The second-order valence-corrected chi connectivity index (χ2v) is 9.74. The highest BCUT2D eigenvalue weighted by Gasteiger charge is 2.40. The monoisotopic (exact) mass is 426 g/mol. The number of hydrogen-bond acceptors (Lipinski definition) is 6. The third kappa shape index (κ3) is 3.76. The van der Waals surface area contributed by atoms with Crippen LogP contribution in [0.25, 0.3) is 10.9 Å². The van der Waals surface area contributed by atoms with E-state index in [0.29, 0.717) is 22.4 Å². The predicted octanol–water partition coefficient (Wildman–Crippen LogP) is 2.42. The lowest BCUT2D eigenvalue weighted by atomic mass is 9.95. The van der Waals surface area contributed by atoms with E-state index in [9.17, 15) is 18.3 Å². The average molecular weight is 426 g/mol. The lowest BCUT2D eigenvalue weighted by Gasteiger charge is -2.44. The van der Waals surface area contributed by atoms with Crippen molar-refractivity contribution in [3.8, 4) is 5.75 Å². The summed E-state index contributed by atoms with van der Waals surface area (Å²) in [4.78, 5) is 18.6. The smallest absolute Gasteiger partial charge is 0.257 e. The molecule has 1 N–H and O–H groups in total. The van der Waals surface area contributed by atoms with E-state index in [2.05, 4.69) is 4.98 Å². The molecule has 1 aromatic heterocycles. The summed E-state index contributed by atoms with van der Waals surface area (Å²) in [5.74, 6) is -0.201. The molecule has 2 heterocycles. The van der Waals surface area contributed by atoms with Crippen LogP contribution in [0.1, 0.15) is 22.8 Å². The number of fused-ring (bicyclic) bond motifs is 1. The summed E-state index contributed by atoms with van der Waals surface area (Å²) in [7, 11) is -2.23. The summed E-state index contributed by atoms with van der Waals surface area (Å²) in [5.41, 5.74) is 0.403. The second kappa shape index (κ2) is 7.37. The number of carbonyl (C=O) groups is 1. The van der Waals surface area contributed by atoms with Gasteiger partial charge in [0, 0.05) is 11.6 Å². The molecular weight excluding hydrogens is 404 g/mol. The molecule has 2 aromatic carbocycles. The van der Waals surface area contributed by atoms with Gasteiger partial charge in [0.2, 0.25) is 0 Å². The fraction of sp³-hybridized carbons (Fsp3) is 0.273. The minimum Gasteiger partial charge on any atom is -0.496 e. The molecule has 3 aromatic rings. The zero-order valence-electron chi connectivity index (χ0n) is 16.7. The van der Waals surface area contributed by atoms with E-state index in [0.717, 1.165) is 5.39 Å². The number of β-amino-alcohol motifs (C(OH)–C–C–N with tert-alkyl or cyclic N) is 1. The maximum Gasteiger partial charge on any atom is 0.257 e. The summed E-state index contributed by atoms with van der Waals surface area (Å²) in [6.07, 6.45) is 1.57. The van der Waals surface area contributed by atoms with Gasteiger partial charge in [0.15, 0.2) is 9.84 Å². The van der Waals surface area contributed by atoms with Crippen LogP contribution in [0.4, 0.5) is 0 Å². The molecule has 0 unspecified atom stereocenters. The molecule has 156 valence electrons. The summed E-state index contributed by atoms with van der Waals surface area (Å²) in [5, 5.41) is 10.6. The van der Waals surface area contributed by atoms with E-state index < -0.39 is 15.4 Å². The van der Waals surface area contributed by atoms with E-state index in [1.165, 1.54) is 12.0 Å². The van der Waals surface area contributed by atoms with Gasteiger partial charge in [-0.05, 0) is 36.8 Å². The Kier molecular flexibility index (Phi) is 4.99. The van der Waals surface area contributed by atoms with Gasteiger partial charge in [-0.15, -0.1) is 0 Å². The Balaban J connectivity index is 1.62. The number of benzene rings is 2. The molecule has 4 rings (SSSR count). The van der Waals surface area contributed by atoms with Gasteiger partial charge in [-0.25, -0.2) is 8.42 Å². The number of carbonyl (C=O) groups excluding carboxylic acids is 1. The largest absolute Gasteiger partial charge is 0.496 e. The maximum absolute atomic E-state index is 13.1. The lowest BCUT2D eigenvalue weighted by Crippen LogP contribution is -2.61. The molecule has 1 amide bonds. The average Bonchev–Trinajstić information content (AvgIpc) is 2.70. The Morgan fingerprint density at radius 1 is 1.20 bits per heavy atom. The fourth-order valence-corrected chi connectivity index (χ4v) is 5.24. The van der Waals surface area contributed by atoms with E-state index in [1.807, 2.05) is 12.1 Å². The third-order valence-electron chi connectivity index (χ3n) is 5.13. The van der Waals surface area contributed by atoms with E-state index >= 15 is 0 Å². The molecule has 30 heavy (non-hydrogen) atoms. The van der Waals surface area contributed by atoms with Crippen molar-refractivity contribution in [2.75, 3.05) is 20.2 Å². The number of pyridine rings is 1. The van der Waals surface area contributed by atoms with Crippen LogP contribution in [0.2, 0.25) is 0 Å². The van der Waals surface area contributed by atoms with Crippen molar-refractivity contribution in [3.63, 3.8) is 0 Å². The number of hydrogen-bond donors (Lipinski definition) is 1. The highest BCUT2D eigenvalue weighted by atomic mass is 32.2. The first-order valence-corrected chi connectivity index (χ1v) is 11.1. The minimum absolute atomic E-state index is 0.169. The van der Waals surface area contributed by atoms with Crippen LogP contribution >= 0.6 is 0 Å². The number of aliphatic hydroxyl groups is 1. The Bertz CT molecular complexity index is 1220. The first-order chi connectivity index (χ1) is 14.2. The minimum atomic E-state index is -3.67. The van der Waals surface area contributed by atoms with E-state index in [4.69, 9.17) is 4.74 Å². The number of likely N-dealkylation sites (tertiary alicyclic amines) is 1. The van der Waals surface area contributed by atoms with Crippen molar-refractivity contribution in [1.82, 2.24) is 9.88 Å². The molecule has 1 aliphatic rings. The molecule has 0 saturated carbocycles. The normalized spacial score (nSPS) is 15.6. The first-order valence-electron chi connectivity index (χ1n) is 9.45. The van der Waals surface area contributed by atoms with Gasteiger partial charge >= 0.3 is 0 Å². The van der Waals surface area contributed by atoms with Crippen LogP contribution in [0, 0.1) is 0 Å². The number of aromatic nitrogens is 1. The molecular formula is C22H22N2O5S. The molecule has 0 spiro atoms. The summed E-state index contributed by atoms with van der Waals surface area (Å²) in [6.45, 7) is 2.17. The molecule has 7 nitrogen and oxygen atoms in total. The van der Waals surface area contributed by atoms with Gasteiger partial charge in [-0.2, -0.15) is 0 Å². The Hall–Kier alpha value is -2.97. The number of para-hydroxylation sites is 1. The molecule has 8 heteroatoms. The zero-order chi connectivity index (χ0) is 21.5. The molecule has 1 saturated heterocycles. The SMILES string of the molecule is COc1cc(CS(=O)(=O)c2cccc3cccnc23)ccc1C(=O)N1CC(C)(O)C1. The van der Waals surface area contributed by atoms with Gasteiger partial charge < -0.3 is 14.7 Å². The van der Waals surface area contributed by atoms with Crippen molar-refractivity contribution in [1.29, 1.82) is 0 Å². The van der Waals surface area contributed by atoms with Gasteiger partial charge in [0.25, 0.3) is 5.91 Å². The fourth-order valence-electron chi connectivity index (χ4n) is 3.72. The molecule has 0 radical (unpaired) electrons. The second-order valence-electron chi connectivity index (χ2n) is 7.78. The van der Waals surface area contributed by atoms with E-state index in [1.54, 1.807) is 49.5 Å². The van der Waals surface area contributed by atoms with Crippen molar-refractivity contribution in [2.45, 2.75) is 23.2 Å². The highest BCUT2D eigenvalue weighted by Crippen LogP contribution is 2.29. The highest BCUT2D eigenvalue weighted by molar-refractivity contribution is 7.90. The Morgan fingerprint density at radius 2 is 1.93 bits per heavy atom. The Labute approximate surface area is 174 Å². The van der Waals surface area contributed by atoms with Crippen molar-refractivity contribution in [3.05, 3.63) is 65.9 Å². The van der Waals surface area contributed by atoms with Crippen molar-refractivity contribution < 1.29 is 23.1 Å². The van der Waals surface area contributed by atoms with E-state index in [-0.39, 0.29) is 29.6 Å². The quantitative estimate of drug-likeness (QED) is 0.673. The summed E-state index contributed by atoms with van der Waals surface area (Å²) < 4.78 is 31.5. The number of ether oxygens (including phenoxy) is 1. The third-order valence-corrected chi connectivity index (χ3v) is 6.85. The van der Waals surface area contributed by atoms with Crippen LogP contribution in [0.3, 0.4) is 0 Å². The van der Waals surface area contributed by atoms with Crippen molar-refractivity contribution in [2.24, 2.45) is 0 Å². The van der Waals surface area contributed by atoms with Crippen LogP contribution < -0.4 is 4.74 Å². The molecule has 0 atom stereocenters. The lowest BCUT2D eigenvalue weighted by molar-refractivity contribution is -0.0669. The predicted molar refractivity (Wildman–Crippen MR) is 112 cm³/mol. The van der Waals surface area contributed by atoms with Crippen LogP contribution in [0.5, 0.6) is 5.75 Å². The number of rotatable bonds is 5. The molecule has 0 aliphatic carbocycles. The topological polar surface area (TPSA) is 96.8 Å². The zero-order valence-corrected chi connectivity index (χ0v) is 17.5. The number of nitrogens with zero attached hydrogens (tertiary/aromatic N) is 2. The number of amides is 1. The maximum atomic E-state index is 13.1. The molecule has 0 bridgehead atoms. The van der Waals surface area contributed by atoms with Gasteiger partial charge in [-0.1, -0.05) is 24.3 Å². The summed E-state index contributed by atoms with van der Waals surface area (Å²) >= 11 is 0. The van der Waals surface area contributed by atoms with Crippen LogP contribution in [-0.2, 0) is 15.6 Å².